The van der Waals surface area contributed by atoms with Gasteiger partial charge >= 0.3 is 0 Å². The predicted octanol–water partition coefficient (Wildman–Crippen LogP) is 2.99. The molecule has 4 nitrogen and oxygen atoms in total. The van der Waals surface area contributed by atoms with Gasteiger partial charge in [-0.1, -0.05) is 12.1 Å². The summed E-state index contributed by atoms with van der Waals surface area (Å²) in [5.74, 6) is 1.28. The molecule has 2 N–H and O–H groups in total. The van der Waals surface area contributed by atoms with Crippen molar-refractivity contribution < 1.29 is 14.3 Å². The molecule has 1 aliphatic heterocycles. The fourth-order valence-corrected chi connectivity index (χ4v) is 7.17. The minimum absolute atomic E-state index is 0.0924. The van der Waals surface area contributed by atoms with E-state index in [-0.39, 0.29) is 28.8 Å². The Kier molecular flexibility index (Phi) is 4.51. The number of aliphatic hydroxyl groups excluding tert-OH is 1. The van der Waals surface area contributed by atoms with Gasteiger partial charge in [-0.05, 0) is 86.3 Å². The lowest BCUT2D eigenvalue weighted by Gasteiger charge is -2.62. The maximum absolute atomic E-state index is 13.5. The Morgan fingerprint density at radius 1 is 1.11 bits per heavy atom. The van der Waals surface area contributed by atoms with E-state index in [0.717, 1.165) is 45.2 Å². The Balaban J connectivity index is 1.32. The number of carbonyl (C=O) groups excluding carboxylic acids is 1. The number of rotatable bonds is 4. The van der Waals surface area contributed by atoms with Crippen LogP contribution < -0.4 is 5.32 Å². The van der Waals surface area contributed by atoms with Crippen LogP contribution in [0.15, 0.2) is 24.3 Å². The highest BCUT2D eigenvalue weighted by Crippen LogP contribution is 2.62. The zero-order valence-electron chi connectivity index (χ0n) is 16.5. The first kappa shape index (κ1) is 18.6. The number of hydrogen-bond acceptors (Lipinski definition) is 3. The summed E-state index contributed by atoms with van der Waals surface area (Å²) in [6.45, 7) is 2.03. The van der Waals surface area contributed by atoms with Crippen LogP contribution in [0.2, 0.25) is 0 Å². The van der Waals surface area contributed by atoms with E-state index in [2.05, 4.69) is 10.2 Å². The van der Waals surface area contributed by atoms with Crippen molar-refractivity contribution in [3.05, 3.63) is 35.6 Å². The summed E-state index contributed by atoms with van der Waals surface area (Å²) in [5, 5.41) is 13.1. The Hall–Kier alpha value is -1.46. The van der Waals surface area contributed by atoms with Crippen molar-refractivity contribution in [3.63, 3.8) is 0 Å². The number of amides is 1. The number of nitrogens with one attached hydrogen (secondary N) is 1. The third-order valence-electron chi connectivity index (χ3n) is 7.85. The van der Waals surface area contributed by atoms with Crippen molar-refractivity contribution in [2.75, 3.05) is 19.6 Å². The standard InChI is InChI=1S/C23H31FN2O2/c24-19-3-1-18(2-4-19)22-10-16-9-17(11-22)13-23(12-16,15-22)25-21(28)14-26-7-5-20(27)6-8-26/h1-4,16-17,20,27H,5-15H2,(H,25,28)/t16-,17+,22?,23?. The summed E-state index contributed by atoms with van der Waals surface area (Å²) < 4.78 is 13.5. The fraction of sp³-hybridized carbons (Fsp3) is 0.696. The van der Waals surface area contributed by atoms with Crippen molar-refractivity contribution in [3.8, 4) is 0 Å². The van der Waals surface area contributed by atoms with E-state index in [1.54, 1.807) is 12.1 Å². The second-order valence-electron chi connectivity index (χ2n) is 10.1. The van der Waals surface area contributed by atoms with Crippen LogP contribution in [0.4, 0.5) is 4.39 Å². The molecule has 1 aromatic rings. The minimum Gasteiger partial charge on any atom is -0.393 e. The minimum atomic E-state index is -0.210. The highest BCUT2D eigenvalue weighted by molar-refractivity contribution is 5.79. The van der Waals surface area contributed by atoms with Crippen LogP contribution in [0.1, 0.15) is 56.9 Å². The van der Waals surface area contributed by atoms with Crippen LogP contribution in [0, 0.1) is 17.7 Å². The fourth-order valence-electron chi connectivity index (χ4n) is 7.17. The molecule has 4 saturated carbocycles. The van der Waals surface area contributed by atoms with Crippen molar-refractivity contribution in [2.24, 2.45) is 11.8 Å². The molecule has 4 aliphatic carbocycles. The number of carbonyl (C=O) groups is 1. The lowest BCUT2D eigenvalue weighted by molar-refractivity contribution is -0.129. The van der Waals surface area contributed by atoms with E-state index in [4.69, 9.17) is 0 Å². The lowest BCUT2D eigenvalue weighted by atomic mass is 9.45. The number of halogens is 1. The molecule has 4 bridgehead atoms. The maximum Gasteiger partial charge on any atom is 0.234 e. The van der Waals surface area contributed by atoms with Crippen molar-refractivity contribution in [1.29, 1.82) is 0 Å². The molecular formula is C23H31FN2O2. The van der Waals surface area contributed by atoms with E-state index in [9.17, 15) is 14.3 Å². The van der Waals surface area contributed by atoms with Crippen LogP contribution in [-0.2, 0) is 10.2 Å². The molecule has 0 aromatic heterocycles. The first-order valence-corrected chi connectivity index (χ1v) is 10.9. The summed E-state index contributed by atoms with van der Waals surface area (Å²) in [4.78, 5) is 15.1. The second-order valence-corrected chi connectivity index (χ2v) is 10.1. The number of nitrogens with zero attached hydrogens (tertiary/aromatic N) is 1. The van der Waals surface area contributed by atoms with Crippen LogP contribution in [0.3, 0.4) is 0 Å². The van der Waals surface area contributed by atoms with Gasteiger partial charge in [-0.15, -0.1) is 0 Å². The number of likely N-dealkylation sites (tertiary alicyclic amines) is 1. The molecule has 1 saturated heterocycles. The SMILES string of the molecule is O=C(CN1CCC(O)CC1)NC12C[C@H]3C[C@@H](C1)CC(c1ccc(F)cc1)(C3)C2. The van der Waals surface area contributed by atoms with Gasteiger partial charge in [-0.2, -0.15) is 0 Å². The zero-order valence-corrected chi connectivity index (χ0v) is 16.5. The Bertz CT molecular complexity index is 727. The molecule has 152 valence electrons. The molecule has 28 heavy (non-hydrogen) atoms. The largest absolute Gasteiger partial charge is 0.393 e. The number of aliphatic hydroxyl groups is 1. The van der Waals surface area contributed by atoms with E-state index < -0.39 is 0 Å². The smallest absolute Gasteiger partial charge is 0.234 e. The van der Waals surface area contributed by atoms with Crippen molar-refractivity contribution >= 4 is 5.91 Å². The van der Waals surface area contributed by atoms with Gasteiger partial charge in [0.05, 0.1) is 12.6 Å². The summed E-state index contributed by atoms with van der Waals surface area (Å²) in [7, 11) is 0. The first-order valence-electron chi connectivity index (χ1n) is 10.9. The summed E-state index contributed by atoms with van der Waals surface area (Å²) in [6.07, 6.45) is 8.12. The number of benzene rings is 1. The number of hydrogen-bond donors (Lipinski definition) is 2. The van der Waals surface area contributed by atoms with Gasteiger partial charge < -0.3 is 10.4 Å². The van der Waals surface area contributed by atoms with Gasteiger partial charge in [0.25, 0.3) is 0 Å². The van der Waals surface area contributed by atoms with E-state index in [1.165, 1.54) is 24.8 Å². The molecular weight excluding hydrogens is 355 g/mol. The van der Waals surface area contributed by atoms with Crippen LogP contribution in [0.25, 0.3) is 0 Å². The molecule has 0 spiro atoms. The Morgan fingerprint density at radius 3 is 2.39 bits per heavy atom. The Morgan fingerprint density at radius 2 is 1.75 bits per heavy atom. The molecule has 5 aliphatic rings. The molecule has 6 rings (SSSR count). The normalized spacial score (nSPS) is 37.9. The molecule has 1 heterocycles. The highest BCUT2D eigenvalue weighted by Gasteiger charge is 2.58. The molecule has 4 atom stereocenters. The van der Waals surface area contributed by atoms with E-state index in [1.807, 2.05) is 12.1 Å². The third-order valence-corrected chi connectivity index (χ3v) is 7.85. The monoisotopic (exact) mass is 386 g/mol. The predicted molar refractivity (Wildman–Crippen MR) is 105 cm³/mol. The summed E-state index contributed by atoms with van der Waals surface area (Å²) in [5.41, 5.74) is 1.26. The van der Waals surface area contributed by atoms with E-state index in [0.29, 0.717) is 18.4 Å². The third kappa shape index (κ3) is 3.37. The molecule has 0 radical (unpaired) electrons. The lowest BCUT2D eigenvalue weighted by Crippen LogP contribution is -2.65. The summed E-state index contributed by atoms with van der Waals surface area (Å²) >= 11 is 0. The van der Waals surface area contributed by atoms with Crippen molar-refractivity contribution in [2.45, 2.75) is 68.4 Å². The molecule has 1 amide bonds. The van der Waals surface area contributed by atoms with Gasteiger partial charge in [0, 0.05) is 18.6 Å². The van der Waals surface area contributed by atoms with Crippen LogP contribution in [0.5, 0.6) is 0 Å². The molecule has 5 heteroatoms. The van der Waals surface area contributed by atoms with E-state index >= 15 is 0 Å². The van der Waals surface area contributed by atoms with Crippen LogP contribution >= 0.6 is 0 Å². The van der Waals surface area contributed by atoms with Gasteiger partial charge in [0.2, 0.25) is 5.91 Å². The molecule has 2 unspecified atom stereocenters. The first-order chi connectivity index (χ1) is 13.4. The van der Waals surface area contributed by atoms with Gasteiger partial charge in [-0.25, -0.2) is 4.39 Å². The zero-order chi connectivity index (χ0) is 19.4. The van der Waals surface area contributed by atoms with Crippen LogP contribution in [-0.4, -0.2) is 47.2 Å². The van der Waals surface area contributed by atoms with Gasteiger partial charge in [0.15, 0.2) is 0 Å². The molecule has 1 aromatic carbocycles. The number of piperidine rings is 1. The van der Waals surface area contributed by atoms with Gasteiger partial charge in [-0.3, -0.25) is 9.69 Å². The quantitative estimate of drug-likeness (QED) is 0.837. The molecule has 5 fully saturated rings. The van der Waals surface area contributed by atoms with Crippen molar-refractivity contribution in [1.82, 2.24) is 10.2 Å². The average molecular weight is 387 g/mol. The van der Waals surface area contributed by atoms with Gasteiger partial charge in [0.1, 0.15) is 5.82 Å². The summed E-state index contributed by atoms with van der Waals surface area (Å²) in [6, 6.07) is 7.11. The highest BCUT2D eigenvalue weighted by atomic mass is 19.1. The second kappa shape index (κ2) is 6.81. The Labute approximate surface area is 166 Å². The maximum atomic E-state index is 13.5. The average Bonchev–Trinajstić information content (AvgIpc) is 2.62. The topological polar surface area (TPSA) is 52.6 Å².